The fourth-order valence-electron chi connectivity index (χ4n) is 3.45. The van der Waals surface area contributed by atoms with Crippen LogP contribution < -0.4 is 5.73 Å². The molecular weight excluding hydrogens is 232 g/mol. The number of fused-ring (bicyclic) bond motifs is 2. The number of hydrogen-bond acceptors (Lipinski definition) is 2. The van der Waals surface area contributed by atoms with Gasteiger partial charge in [0.1, 0.15) is 0 Å². The summed E-state index contributed by atoms with van der Waals surface area (Å²) in [5, 5.41) is 0. The minimum Gasteiger partial charge on any atom is -0.392 e. The van der Waals surface area contributed by atoms with Gasteiger partial charge in [-0.05, 0) is 38.0 Å². The highest BCUT2D eigenvalue weighted by molar-refractivity contribution is 7.80. The van der Waals surface area contributed by atoms with Crippen molar-refractivity contribution in [3.05, 3.63) is 0 Å². The average Bonchev–Trinajstić information content (AvgIpc) is 2.92. The third-order valence-electron chi connectivity index (χ3n) is 4.76. The minimum absolute atomic E-state index is 0.183. The highest BCUT2D eigenvalue weighted by Crippen LogP contribution is 2.41. The second kappa shape index (κ2) is 4.56. The minimum atomic E-state index is -0.597. The number of carbonyl (C=O) groups is 1. The van der Waals surface area contributed by atoms with Gasteiger partial charge < -0.3 is 10.6 Å². The first-order chi connectivity index (χ1) is 8.05. The van der Waals surface area contributed by atoms with Crippen molar-refractivity contribution in [2.45, 2.75) is 52.0 Å². The third-order valence-corrected chi connectivity index (χ3v) is 5.15. The first-order valence-electron chi connectivity index (χ1n) is 6.66. The molecule has 2 aliphatic rings. The number of hydrogen-bond donors (Lipinski definition) is 1. The van der Waals surface area contributed by atoms with Gasteiger partial charge in [0.15, 0.2) is 0 Å². The lowest BCUT2D eigenvalue weighted by atomic mass is 9.80. The summed E-state index contributed by atoms with van der Waals surface area (Å²) in [7, 11) is 0. The van der Waals surface area contributed by atoms with Crippen LogP contribution >= 0.6 is 12.2 Å². The lowest BCUT2D eigenvalue weighted by Crippen LogP contribution is -2.52. The van der Waals surface area contributed by atoms with Crippen molar-refractivity contribution in [3.63, 3.8) is 0 Å². The molecule has 1 saturated heterocycles. The maximum Gasteiger partial charge on any atom is 0.235 e. The third kappa shape index (κ3) is 1.86. The SMILES string of the molecule is CCC(CC)(C(=O)N1CC2CCC1C2)C(N)=S. The van der Waals surface area contributed by atoms with Gasteiger partial charge in [0.25, 0.3) is 0 Å². The molecule has 1 aliphatic carbocycles. The quantitative estimate of drug-likeness (QED) is 0.781. The van der Waals surface area contributed by atoms with Gasteiger partial charge in [-0.15, -0.1) is 0 Å². The zero-order valence-corrected chi connectivity index (χ0v) is 11.6. The van der Waals surface area contributed by atoms with Crippen molar-refractivity contribution in [1.29, 1.82) is 0 Å². The van der Waals surface area contributed by atoms with Gasteiger partial charge in [-0.2, -0.15) is 0 Å². The first kappa shape index (κ1) is 12.8. The molecule has 0 spiro atoms. The lowest BCUT2D eigenvalue weighted by molar-refractivity contribution is -0.140. The Bertz CT molecular complexity index is 338. The molecule has 0 radical (unpaired) electrons. The maximum absolute atomic E-state index is 12.7. The second-order valence-corrected chi connectivity index (χ2v) is 5.88. The number of carbonyl (C=O) groups excluding carboxylic acids is 1. The Morgan fingerprint density at radius 2 is 2.06 bits per heavy atom. The Labute approximate surface area is 109 Å². The molecule has 2 N–H and O–H groups in total. The van der Waals surface area contributed by atoms with Gasteiger partial charge in [0, 0.05) is 12.6 Å². The van der Waals surface area contributed by atoms with Gasteiger partial charge >= 0.3 is 0 Å². The van der Waals surface area contributed by atoms with E-state index >= 15 is 0 Å². The van der Waals surface area contributed by atoms with Crippen molar-refractivity contribution in [1.82, 2.24) is 4.90 Å². The molecule has 0 aromatic carbocycles. The summed E-state index contributed by atoms with van der Waals surface area (Å²) < 4.78 is 0. The van der Waals surface area contributed by atoms with Crippen LogP contribution in [0.3, 0.4) is 0 Å². The van der Waals surface area contributed by atoms with E-state index in [0.29, 0.717) is 23.9 Å². The van der Waals surface area contributed by atoms with Crippen LogP contribution in [0.2, 0.25) is 0 Å². The molecule has 2 rings (SSSR count). The van der Waals surface area contributed by atoms with Crippen LogP contribution in [0.25, 0.3) is 0 Å². The van der Waals surface area contributed by atoms with E-state index < -0.39 is 5.41 Å². The van der Waals surface area contributed by atoms with Crippen LogP contribution in [0.1, 0.15) is 46.0 Å². The Hall–Kier alpha value is -0.640. The van der Waals surface area contributed by atoms with Gasteiger partial charge in [-0.3, -0.25) is 4.79 Å². The molecule has 17 heavy (non-hydrogen) atoms. The molecule has 3 nitrogen and oxygen atoms in total. The highest BCUT2D eigenvalue weighted by atomic mass is 32.1. The molecule has 1 saturated carbocycles. The maximum atomic E-state index is 12.7. The lowest BCUT2D eigenvalue weighted by Gasteiger charge is -2.37. The molecule has 1 amide bonds. The average molecular weight is 254 g/mol. The number of nitrogens with two attached hydrogens (primary N) is 1. The van der Waals surface area contributed by atoms with E-state index in [2.05, 4.69) is 4.90 Å². The largest absolute Gasteiger partial charge is 0.392 e. The Morgan fingerprint density at radius 1 is 1.41 bits per heavy atom. The molecule has 2 atom stereocenters. The fourth-order valence-corrected chi connectivity index (χ4v) is 3.83. The topological polar surface area (TPSA) is 46.3 Å². The van der Waals surface area contributed by atoms with Gasteiger partial charge in [-0.1, -0.05) is 26.1 Å². The molecular formula is C13H22N2OS. The zero-order chi connectivity index (χ0) is 12.6. The van der Waals surface area contributed by atoms with E-state index in [1.54, 1.807) is 0 Å². The van der Waals surface area contributed by atoms with E-state index in [9.17, 15) is 4.79 Å². The number of amides is 1. The van der Waals surface area contributed by atoms with Gasteiger partial charge in [-0.25, -0.2) is 0 Å². The van der Waals surface area contributed by atoms with Crippen molar-refractivity contribution < 1.29 is 4.79 Å². The summed E-state index contributed by atoms with van der Waals surface area (Å²) >= 11 is 5.16. The molecule has 1 heterocycles. The fraction of sp³-hybridized carbons (Fsp3) is 0.846. The van der Waals surface area contributed by atoms with E-state index in [4.69, 9.17) is 18.0 Å². The highest BCUT2D eigenvalue weighted by Gasteiger charge is 2.48. The summed E-state index contributed by atoms with van der Waals surface area (Å²) in [5.74, 6) is 0.906. The number of thiocarbonyl (C=S) groups is 1. The Kier molecular flexibility index (Phi) is 3.43. The predicted molar refractivity (Wildman–Crippen MR) is 72.6 cm³/mol. The van der Waals surface area contributed by atoms with Crippen molar-refractivity contribution in [2.75, 3.05) is 6.54 Å². The monoisotopic (exact) mass is 254 g/mol. The summed E-state index contributed by atoms with van der Waals surface area (Å²) in [6.07, 6.45) is 5.06. The molecule has 0 aromatic rings. The summed E-state index contributed by atoms with van der Waals surface area (Å²) in [6.45, 7) is 4.94. The van der Waals surface area contributed by atoms with Crippen LogP contribution in [-0.2, 0) is 4.79 Å². The van der Waals surface area contributed by atoms with E-state index in [1.807, 2.05) is 13.8 Å². The van der Waals surface area contributed by atoms with E-state index in [-0.39, 0.29) is 5.91 Å². The summed E-state index contributed by atoms with van der Waals surface area (Å²) in [5.41, 5.74) is 5.25. The molecule has 1 aliphatic heterocycles. The predicted octanol–water partition coefficient (Wildman–Crippen LogP) is 2.09. The van der Waals surface area contributed by atoms with Crippen LogP contribution in [0, 0.1) is 11.3 Å². The summed E-state index contributed by atoms with van der Waals surface area (Å²) in [6, 6.07) is 0.458. The van der Waals surface area contributed by atoms with Crippen LogP contribution in [0.4, 0.5) is 0 Å². The second-order valence-electron chi connectivity index (χ2n) is 5.44. The molecule has 96 valence electrons. The van der Waals surface area contributed by atoms with Gasteiger partial charge in [0.05, 0.1) is 10.4 Å². The zero-order valence-electron chi connectivity index (χ0n) is 10.7. The Balaban J connectivity index is 2.20. The normalized spacial score (nSPS) is 27.5. The van der Waals surface area contributed by atoms with Crippen molar-refractivity contribution in [2.24, 2.45) is 17.1 Å². The standard InChI is InChI=1S/C13H22N2OS/c1-3-13(4-2,11(14)17)12(16)15-8-9-5-6-10(15)7-9/h9-10H,3-8H2,1-2H3,(H2,14,17). The van der Waals surface area contributed by atoms with Crippen molar-refractivity contribution in [3.8, 4) is 0 Å². The molecule has 2 bridgehead atoms. The number of piperidine rings is 1. The molecule has 4 heteroatoms. The number of rotatable bonds is 4. The smallest absolute Gasteiger partial charge is 0.235 e. The molecule has 2 unspecified atom stereocenters. The van der Waals surface area contributed by atoms with Crippen LogP contribution in [0.15, 0.2) is 0 Å². The summed E-state index contributed by atoms with van der Waals surface area (Å²) in [4.78, 5) is 15.1. The van der Waals surface area contributed by atoms with Crippen molar-refractivity contribution >= 4 is 23.1 Å². The van der Waals surface area contributed by atoms with Crippen LogP contribution in [-0.4, -0.2) is 28.4 Å². The molecule has 0 aromatic heterocycles. The van der Waals surface area contributed by atoms with E-state index in [1.165, 1.54) is 12.8 Å². The number of nitrogens with zero attached hydrogens (tertiary/aromatic N) is 1. The first-order valence-corrected chi connectivity index (χ1v) is 7.07. The van der Waals surface area contributed by atoms with Crippen LogP contribution in [0.5, 0.6) is 0 Å². The Morgan fingerprint density at radius 3 is 2.41 bits per heavy atom. The van der Waals surface area contributed by atoms with E-state index in [0.717, 1.165) is 18.9 Å². The number of likely N-dealkylation sites (tertiary alicyclic amines) is 1. The van der Waals surface area contributed by atoms with Gasteiger partial charge in [0.2, 0.25) is 5.91 Å². The molecule has 2 fully saturated rings.